The van der Waals surface area contributed by atoms with Crippen LogP contribution >= 0.6 is 11.8 Å². The fourth-order valence-corrected chi connectivity index (χ4v) is 3.17. The van der Waals surface area contributed by atoms with E-state index in [1.54, 1.807) is 11.4 Å². The Labute approximate surface area is 143 Å². The molecule has 0 aliphatic heterocycles. The van der Waals surface area contributed by atoms with Crippen LogP contribution in [-0.2, 0) is 0 Å². The number of carbonyl (C=O) groups is 1. The summed E-state index contributed by atoms with van der Waals surface area (Å²) in [5, 5.41) is 4.56. The number of nitrogens with zero attached hydrogens (tertiary/aromatic N) is 4. The summed E-state index contributed by atoms with van der Waals surface area (Å²) in [5.74, 6) is 0.0802. The van der Waals surface area contributed by atoms with Crippen LogP contribution in [0.15, 0.2) is 29.4 Å². The van der Waals surface area contributed by atoms with Gasteiger partial charge in [0.15, 0.2) is 5.78 Å². The van der Waals surface area contributed by atoms with Crippen LogP contribution in [0.3, 0.4) is 0 Å². The Kier molecular flexibility index (Phi) is 4.36. The summed E-state index contributed by atoms with van der Waals surface area (Å²) < 4.78 is 14.7. The van der Waals surface area contributed by atoms with Crippen LogP contribution in [0, 0.1) is 26.6 Å². The number of hydrogen-bond acceptors (Lipinski definition) is 5. The molecule has 124 valence electrons. The number of hydrogen-bond donors (Lipinski definition) is 0. The second kappa shape index (κ2) is 6.32. The van der Waals surface area contributed by atoms with Crippen LogP contribution < -0.4 is 0 Å². The molecule has 3 aromatic rings. The van der Waals surface area contributed by atoms with Gasteiger partial charge in [0.2, 0.25) is 5.16 Å². The molecule has 0 bridgehead atoms. The molecule has 2 aromatic heterocycles. The summed E-state index contributed by atoms with van der Waals surface area (Å²) in [6.45, 7) is 7.68. The molecule has 7 heteroatoms. The zero-order chi connectivity index (χ0) is 17.4. The molecule has 0 saturated carbocycles. The molecule has 0 unspecified atom stereocenters. The van der Waals surface area contributed by atoms with Crippen molar-refractivity contribution < 1.29 is 9.18 Å². The van der Waals surface area contributed by atoms with Crippen molar-refractivity contribution in [3.8, 4) is 0 Å². The predicted octanol–water partition coefficient (Wildman–Crippen LogP) is 3.55. The number of aryl methyl sites for hydroxylation is 2. The van der Waals surface area contributed by atoms with Gasteiger partial charge >= 0.3 is 0 Å². The van der Waals surface area contributed by atoms with Gasteiger partial charge in [0, 0.05) is 17.0 Å². The van der Waals surface area contributed by atoms with Crippen molar-refractivity contribution in [3.63, 3.8) is 0 Å². The van der Waals surface area contributed by atoms with Crippen molar-refractivity contribution in [1.29, 1.82) is 0 Å². The maximum absolute atomic E-state index is 13.0. The van der Waals surface area contributed by atoms with Crippen molar-refractivity contribution in [2.45, 2.75) is 38.1 Å². The van der Waals surface area contributed by atoms with Gasteiger partial charge in [-0.05, 0) is 57.5 Å². The van der Waals surface area contributed by atoms with Crippen LogP contribution in [0.1, 0.15) is 34.2 Å². The highest BCUT2D eigenvalue weighted by molar-refractivity contribution is 8.00. The van der Waals surface area contributed by atoms with Crippen molar-refractivity contribution in [2.24, 2.45) is 0 Å². The number of benzene rings is 1. The van der Waals surface area contributed by atoms with E-state index in [1.807, 2.05) is 20.8 Å². The molecular weight excluding hydrogens is 327 g/mol. The van der Waals surface area contributed by atoms with Crippen LogP contribution in [0.25, 0.3) is 5.78 Å². The molecule has 2 heterocycles. The Morgan fingerprint density at radius 2 is 1.83 bits per heavy atom. The van der Waals surface area contributed by atoms with Gasteiger partial charge in [-0.15, -0.1) is 5.10 Å². The first-order chi connectivity index (χ1) is 11.4. The van der Waals surface area contributed by atoms with Gasteiger partial charge in [0.05, 0.1) is 5.25 Å². The molecule has 0 spiro atoms. The lowest BCUT2D eigenvalue weighted by Crippen LogP contribution is -2.13. The van der Waals surface area contributed by atoms with Gasteiger partial charge in [0.1, 0.15) is 5.82 Å². The number of rotatable bonds is 4. The Hall–Kier alpha value is -2.28. The van der Waals surface area contributed by atoms with Crippen molar-refractivity contribution >= 4 is 23.3 Å². The average molecular weight is 344 g/mol. The summed E-state index contributed by atoms with van der Waals surface area (Å²) in [6.07, 6.45) is 0. The molecule has 3 rings (SSSR count). The molecule has 0 aliphatic carbocycles. The normalized spacial score (nSPS) is 12.5. The third kappa shape index (κ3) is 3.03. The van der Waals surface area contributed by atoms with Gasteiger partial charge in [-0.2, -0.15) is 4.98 Å². The van der Waals surface area contributed by atoms with Crippen molar-refractivity contribution in [1.82, 2.24) is 19.6 Å². The molecule has 0 aliphatic rings. The fraction of sp³-hybridized carbons (Fsp3) is 0.294. The molecule has 24 heavy (non-hydrogen) atoms. The van der Waals surface area contributed by atoms with Gasteiger partial charge in [-0.25, -0.2) is 13.9 Å². The topological polar surface area (TPSA) is 60.2 Å². The monoisotopic (exact) mass is 344 g/mol. The number of thioether (sulfide) groups is 1. The third-order valence-corrected chi connectivity index (χ3v) is 4.97. The summed E-state index contributed by atoms with van der Waals surface area (Å²) >= 11 is 1.27. The first kappa shape index (κ1) is 16.6. The highest BCUT2D eigenvalue weighted by Crippen LogP contribution is 2.24. The van der Waals surface area contributed by atoms with E-state index in [0.717, 1.165) is 17.0 Å². The van der Waals surface area contributed by atoms with Crippen LogP contribution in [0.2, 0.25) is 0 Å². The Morgan fingerprint density at radius 1 is 1.17 bits per heavy atom. The lowest BCUT2D eigenvalue weighted by atomic mass is 10.1. The molecule has 0 radical (unpaired) electrons. The van der Waals surface area contributed by atoms with E-state index in [4.69, 9.17) is 0 Å². The van der Waals surface area contributed by atoms with E-state index >= 15 is 0 Å². The quantitative estimate of drug-likeness (QED) is 0.535. The molecule has 0 saturated heterocycles. The Bertz CT molecular complexity index is 920. The zero-order valence-electron chi connectivity index (χ0n) is 13.9. The van der Waals surface area contributed by atoms with E-state index in [2.05, 4.69) is 15.1 Å². The van der Waals surface area contributed by atoms with E-state index in [-0.39, 0.29) is 16.9 Å². The first-order valence-electron chi connectivity index (χ1n) is 7.54. The smallest absolute Gasteiger partial charge is 0.253 e. The molecule has 1 atom stereocenters. The van der Waals surface area contributed by atoms with Crippen molar-refractivity contribution in [2.75, 3.05) is 0 Å². The number of halogens is 1. The van der Waals surface area contributed by atoms with Gasteiger partial charge in [0.25, 0.3) is 5.78 Å². The minimum Gasteiger partial charge on any atom is -0.293 e. The fourth-order valence-electron chi connectivity index (χ4n) is 2.35. The lowest BCUT2D eigenvalue weighted by Gasteiger charge is -2.07. The summed E-state index contributed by atoms with van der Waals surface area (Å²) in [6, 6.07) is 5.55. The molecular formula is C17H17FN4OS. The summed E-state index contributed by atoms with van der Waals surface area (Å²) in [7, 11) is 0. The van der Waals surface area contributed by atoms with E-state index in [0.29, 0.717) is 16.5 Å². The largest absolute Gasteiger partial charge is 0.293 e. The first-order valence-corrected chi connectivity index (χ1v) is 8.42. The molecule has 5 nitrogen and oxygen atoms in total. The SMILES string of the molecule is Cc1nc2nc(S[C@H](C)C(=O)c3ccc(F)cc3)nn2c(C)c1C. The summed E-state index contributed by atoms with van der Waals surface area (Å²) in [4.78, 5) is 21.3. The van der Waals surface area contributed by atoms with E-state index in [9.17, 15) is 9.18 Å². The number of ketones is 1. The lowest BCUT2D eigenvalue weighted by molar-refractivity contribution is 0.0994. The van der Waals surface area contributed by atoms with Crippen LogP contribution in [0.5, 0.6) is 0 Å². The highest BCUT2D eigenvalue weighted by atomic mass is 32.2. The minimum absolute atomic E-state index is 0.0871. The van der Waals surface area contributed by atoms with E-state index in [1.165, 1.54) is 36.0 Å². The predicted molar refractivity (Wildman–Crippen MR) is 91.0 cm³/mol. The number of fused-ring (bicyclic) bond motifs is 1. The molecule has 1 aromatic carbocycles. The van der Waals surface area contributed by atoms with Crippen LogP contribution in [0.4, 0.5) is 4.39 Å². The average Bonchev–Trinajstić information content (AvgIpc) is 2.95. The zero-order valence-corrected chi connectivity index (χ0v) is 14.7. The Morgan fingerprint density at radius 3 is 2.50 bits per heavy atom. The van der Waals surface area contributed by atoms with E-state index < -0.39 is 0 Å². The maximum atomic E-state index is 13.0. The number of aromatic nitrogens is 4. The van der Waals surface area contributed by atoms with Crippen molar-refractivity contribution in [3.05, 3.63) is 52.6 Å². The molecule has 0 amide bonds. The number of carbonyl (C=O) groups excluding carboxylic acids is 1. The standard InChI is InChI=1S/C17H17FN4OS/c1-9-10(2)19-16-20-17(21-22(16)11(9)3)24-12(4)15(23)13-5-7-14(18)8-6-13/h5-8,12H,1-4H3/t12-/m1/s1. The second-order valence-corrected chi connectivity index (χ2v) is 6.95. The highest BCUT2D eigenvalue weighted by Gasteiger charge is 2.20. The maximum Gasteiger partial charge on any atom is 0.253 e. The van der Waals surface area contributed by atoms with Gasteiger partial charge < -0.3 is 0 Å². The van der Waals surface area contributed by atoms with Gasteiger partial charge in [-0.3, -0.25) is 4.79 Å². The number of Topliss-reactive ketones (excluding diaryl/α,β-unsaturated/α-hetero) is 1. The Balaban J connectivity index is 1.85. The molecule has 0 N–H and O–H groups in total. The second-order valence-electron chi connectivity index (χ2n) is 5.65. The van der Waals surface area contributed by atoms with Crippen LogP contribution in [-0.4, -0.2) is 30.6 Å². The third-order valence-electron chi connectivity index (χ3n) is 4.02. The minimum atomic E-state index is -0.379. The van der Waals surface area contributed by atoms with Gasteiger partial charge in [-0.1, -0.05) is 11.8 Å². The molecule has 0 fully saturated rings. The summed E-state index contributed by atoms with van der Waals surface area (Å²) in [5.41, 5.74) is 3.44.